The van der Waals surface area contributed by atoms with Gasteiger partial charge in [-0.15, -0.1) is 6.42 Å². The van der Waals surface area contributed by atoms with Gasteiger partial charge in [0.15, 0.2) is 0 Å². The lowest BCUT2D eigenvalue weighted by Crippen LogP contribution is -2.60. The quantitative estimate of drug-likeness (QED) is 0.360. The van der Waals surface area contributed by atoms with Crippen LogP contribution in [0.4, 0.5) is 4.79 Å². The number of alkyl carbamates (subject to hydrolysis) is 1. The van der Waals surface area contributed by atoms with Crippen molar-refractivity contribution in [2.24, 2.45) is 0 Å². The molecule has 3 amide bonds. The van der Waals surface area contributed by atoms with Gasteiger partial charge in [0.25, 0.3) is 0 Å². The van der Waals surface area contributed by atoms with Crippen LogP contribution in [0.25, 0.3) is 0 Å². The van der Waals surface area contributed by atoms with Crippen molar-refractivity contribution in [3.8, 4) is 12.3 Å². The number of carbonyl (C=O) groups excluding carboxylic acids is 3. The lowest BCUT2D eigenvalue weighted by Gasteiger charge is -2.44. The molecule has 1 rings (SSSR count). The summed E-state index contributed by atoms with van der Waals surface area (Å²) in [5.41, 5.74) is -0.173. The monoisotopic (exact) mass is 489 g/mol. The number of terminal acetylenes is 1. The Morgan fingerprint density at radius 1 is 1.09 bits per heavy atom. The van der Waals surface area contributed by atoms with E-state index < -0.39 is 35.2 Å². The van der Waals surface area contributed by atoms with Gasteiger partial charge in [0.1, 0.15) is 17.7 Å². The molecular weight excluding hydrogens is 450 g/mol. The molecule has 0 saturated heterocycles. The van der Waals surface area contributed by atoms with Crippen molar-refractivity contribution < 1.29 is 19.1 Å². The first-order valence-corrected chi connectivity index (χ1v) is 12.1. The number of nitrogens with one attached hydrogen (secondary N) is 2. The van der Waals surface area contributed by atoms with Crippen LogP contribution < -0.4 is 10.6 Å². The molecule has 0 aliphatic heterocycles. The van der Waals surface area contributed by atoms with Crippen LogP contribution in [-0.4, -0.2) is 51.8 Å². The average Bonchev–Trinajstić information content (AvgIpc) is 2.73. The van der Waals surface area contributed by atoms with Crippen LogP contribution in [-0.2, 0) is 14.3 Å². The molecule has 2 N–H and O–H groups in total. The summed E-state index contributed by atoms with van der Waals surface area (Å²) in [4.78, 5) is 41.3. The summed E-state index contributed by atoms with van der Waals surface area (Å²) >= 11 is 4.31. The van der Waals surface area contributed by atoms with E-state index in [-0.39, 0.29) is 17.7 Å². The summed E-state index contributed by atoms with van der Waals surface area (Å²) in [6, 6.07) is 4.90. The first-order chi connectivity index (χ1) is 15.7. The lowest BCUT2D eigenvalue weighted by molar-refractivity contribution is -0.149. The van der Waals surface area contributed by atoms with E-state index in [2.05, 4.69) is 29.2 Å². The van der Waals surface area contributed by atoms with E-state index >= 15 is 0 Å². The topological polar surface area (TPSA) is 87.7 Å². The van der Waals surface area contributed by atoms with Crippen LogP contribution in [0.1, 0.15) is 79.0 Å². The summed E-state index contributed by atoms with van der Waals surface area (Å²) in [5, 5.41) is 5.54. The Morgan fingerprint density at radius 2 is 1.65 bits per heavy atom. The highest BCUT2D eigenvalue weighted by Crippen LogP contribution is 2.32. The highest BCUT2D eigenvalue weighted by molar-refractivity contribution is 7.80. The third kappa shape index (κ3) is 8.28. The zero-order valence-corrected chi connectivity index (χ0v) is 22.5. The molecule has 0 spiro atoms. The van der Waals surface area contributed by atoms with Crippen molar-refractivity contribution in [1.29, 1.82) is 0 Å². The van der Waals surface area contributed by atoms with Gasteiger partial charge >= 0.3 is 6.09 Å². The molecule has 0 aromatic heterocycles. The second-order valence-corrected chi connectivity index (χ2v) is 10.5. The zero-order valence-electron chi connectivity index (χ0n) is 21.6. The lowest BCUT2D eigenvalue weighted by atomic mass is 9.91. The second-order valence-electron chi connectivity index (χ2n) is 10.1. The predicted octanol–water partition coefficient (Wildman–Crippen LogP) is 4.07. The number of benzene rings is 1. The molecule has 0 aliphatic carbocycles. The number of ether oxygens (including phenoxy) is 1. The molecule has 188 valence electrons. The van der Waals surface area contributed by atoms with Gasteiger partial charge in [-0.1, -0.05) is 25.0 Å². The number of thiol groups is 1. The molecule has 0 heterocycles. The molecule has 1 aromatic carbocycles. The number of hydrogen-bond acceptors (Lipinski definition) is 5. The normalized spacial score (nSPS) is 13.4. The highest BCUT2D eigenvalue weighted by Gasteiger charge is 2.42. The molecule has 0 radical (unpaired) electrons. The Morgan fingerprint density at radius 3 is 2.06 bits per heavy atom. The summed E-state index contributed by atoms with van der Waals surface area (Å²) in [5.74, 6) is 1.84. The minimum atomic E-state index is -0.997. The van der Waals surface area contributed by atoms with Crippen LogP contribution in [0.2, 0.25) is 0 Å². The Kier molecular flexibility index (Phi) is 10.5. The van der Waals surface area contributed by atoms with Crippen molar-refractivity contribution >= 4 is 30.5 Å². The minimum absolute atomic E-state index is 0.0307. The van der Waals surface area contributed by atoms with E-state index in [1.54, 1.807) is 45.0 Å². The molecule has 1 aromatic rings. The molecule has 0 fully saturated rings. The second kappa shape index (κ2) is 12.2. The third-order valence-electron chi connectivity index (χ3n) is 5.26. The molecular formula is C26H39N3O4S. The SMILES string of the molecule is C#Cc1ccc(C(C(=O)NC(C)C)N(C(=O)C(CS)NC(=O)OC(C)(C)C)C(C)(C)CC)cc1. The summed E-state index contributed by atoms with van der Waals surface area (Å²) in [6.45, 7) is 14.6. The standard InChI is InChI=1S/C26H39N3O4S/c1-10-18-12-14-19(15-13-18)21(22(30)27-17(3)4)29(26(8,9)11-2)23(31)20(16-34)28-24(32)33-25(5,6)7/h1,12-15,17,20-21,34H,11,16H2,2-9H3,(H,27,30)(H,28,32). The van der Waals surface area contributed by atoms with Crippen LogP contribution in [0, 0.1) is 12.3 Å². The van der Waals surface area contributed by atoms with Crippen molar-refractivity contribution in [1.82, 2.24) is 15.5 Å². The van der Waals surface area contributed by atoms with Gasteiger partial charge in [-0.05, 0) is 72.6 Å². The molecule has 0 aliphatic rings. The van der Waals surface area contributed by atoms with Crippen molar-refractivity contribution in [2.75, 3.05) is 5.75 Å². The maximum atomic E-state index is 13.9. The predicted molar refractivity (Wildman–Crippen MR) is 139 cm³/mol. The van der Waals surface area contributed by atoms with Crippen LogP contribution >= 0.6 is 12.6 Å². The van der Waals surface area contributed by atoms with Gasteiger partial charge < -0.3 is 20.3 Å². The first-order valence-electron chi connectivity index (χ1n) is 11.5. The number of carbonyl (C=O) groups is 3. The maximum absolute atomic E-state index is 13.9. The van der Waals surface area contributed by atoms with Gasteiger partial charge in [-0.3, -0.25) is 9.59 Å². The number of amides is 3. The van der Waals surface area contributed by atoms with Crippen LogP contribution in [0.15, 0.2) is 24.3 Å². The van der Waals surface area contributed by atoms with E-state index in [4.69, 9.17) is 11.2 Å². The highest BCUT2D eigenvalue weighted by atomic mass is 32.1. The van der Waals surface area contributed by atoms with Gasteiger partial charge in [0, 0.05) is 22.9 Å². The van der Waals surface area contributed by atoms with Gasteiger partial charge in [0.2, 0.25) is 11.8 Å². The average molecular weight is 490 g/mol. The first kappa shape index (κ1) is 29.4. The van der Waals surface area contributed by atoms with Crippen LogP contribution in [0.3, 0.4) is 0 Å². The molecule has 8 heteroatoms. The van der Waals surface area contributed by atoms with E-state index in [1.807, 2.05) is 34.6 Å². The number of hydrogen-bond donors (Lipinski definition) is 3. The smallest absolute Gasteiger partial charge is 0.408 e. The van der Waals surface area contributed by atoms with Gasteiger partial charge in [-0.25, -0.2) is 4.79 Å². The maximum Gasteiger partial charge on any atom is 0.408 e. The number of rotatable bonds is 9. The summed E-state index contributed by atoms with van der Waals surface area (Å²) < 4.78 is 5.33. The van der Waals surface area contributed by atoms with Crippen LogP contribution in [0.5, 0.6) is 0 Å². The van der Waals surface area contributed by atoms with E-state index in [9.17, 15) is 14.4 Å². The molecule has 0 bridgehead atoms. The third-order valence-corrected chi connectivity index (χ3v) is 5.62. The number of nitrogens with zero attached hydrogens (tertiary/aromatic N) is 1. The largest absolute Gasteiger partial charge is 0.444 e. The fraction of sp³-hybridized carbons (Fsp3) is 0.577. The Bertz CT molecular complexity index is 898. The fourth-order valence-corrected chi connectivity index (χ4v) is 3.54. The van der Waals surface area contributed by atoms with E-state index in [0.717, 1.165) is 0 Å². The van der Waals surface area contributed by atoms with E-state index in [0.29, 0.717) is 17.5 Å². The summed E-state index contributed by atoms with van der Waals surface area (Å²) in [6.07, 6.45) is 5.34. The van der Waals surface area contributed by atoms with Gasteiger partial charge in [-0.2, -0.15) is 12.6 Å². The zero-order chi connectivity index (χ0) is 26.3. The molecule has 7 nitrogen and oxygen atoms in total. The van der Waals surface area contributed by atoms with Crippen molar-refractivity contribution in [2.45, 2.75) is 91.1 Å². The Labute approximate surface area is 209 Å². The van der Waals surface area contributed by atoms with Crippen molar-refractivity contribution in [3.63, 3.8) is 0 Å². The minimum Gasteiger partial charge on any atom is -0.444 e. The molecule has 2 atom stereocenters. The summed E-state index contributed by atoms with van der Waals surface area (Å²) in [7, 11) is 0. The fourth-order valence-electron chi connectivity index (χ4n) is 3.29. The Hall–Kier alpha value is -2.66. The Balaban J connectivity index is 3.55. The van der Waals surface area contributed by atoms with E-state index in [1.165, 1.54) is 4.90 Å². The van der Waals surface area contributed by atoms with Crippen molar-refractivity contribution in [3.05, 3.63) is 35.4 Å². The molecule has 0 saturated carbocycles. The van der Waals surface area contributed by atoms with Gasteiger partial charge in [0.05, 0.1) is 0 Å². The molecule has 2 unspecified atom stereocenters. The molecule has 34 heavy (non-hydrogen) atoms.